The Balaban J connectivity index is 0.000000127. The molecule has 0 unspecified atom stereocenters. The average molecular weight is 1650 g/mol. The van der Waals surface area contributed by atoms with Crippen molar-refractivity contribution in [2.75, 3.05) is 0 Å². The van der Waals surface area contributed by atoms with Crippen molar-refractivity contribution in [3.63, 3.8) is 0 Å². The van der Waals surface area contributed by atoms with Crippen LogP contribution in [0.25, 0.3) is 194 Å². The molecule has 0 radical (unpaired) electrons. The monoisotopic (exact) mass is 1650 g/mol. The van der Waals surface area contributed by atoms with Crippen LogP contribution in [0.15, 0.2) is 334 Å². The predicted molar refractivity (Wildman–Crippen MR) is 506 cm³/mol. The van der Waals surface area contributed by atoms with Crippen molar-refractivity contribution in [1.82, 2.24) is 58.6 Å². The Bertz CT molecular complexity index is 8270. The van der Waals surface area contributed by atoms with Gasteiger partial charge in [-0.1, -0.05) is 200 Å². The molecule has 0 fully saturated rings. The van der Waals surface area contributed by atoms with E-state index in [0.717, 1.165) is 149 Å². The molecule has 0 amide bonds. The minimum absolute atomic E-state index is 0.501. The number of aromatic nitrogens is 12. The zero-order valence-electron chi connectivity index (χ0n) is 69.8. The van der Waals surface area contributed by atoms with Crippen molar-refractivity contribution in [2.24, 2.45) is 0 Å². The van der Waals surface area contributed by atoms with E-state index in [2.05, 4.69) is 181 Å². The van der Waals surface area contributed by atoms with Gasteiger partial charge in [0.1, 0.15) is 41.5 Å². The van der Waals surface area contributed by atoms with Gasteiger partial charge < -0.3 is 13.7 Å². The molecule has 0 aliphatic rings. The molecule has 0 aliphatic heterocycles. The summed E-state index contributed by atoms with van der Waals surface area (Å²) in [6.45, 7) is 22.4. The fourth-order valence-electron chi connectivity index (χ4n) is 16.8. The van der Waals surface area contributed by atoms with Gasteiger partial charge in [-0.3, -0.25) is 0 Å². The molecule has 6 aromatic heterocycles. The van der Waals surface area contributed by atoms with Crippen molar-refractivity contribution >= 4 is 76.8 Å². The van der Waals surface area contributed by atoms with E-state index in [0.29, 0.717) is 97.3 Å². The maximum Gasteiger partial charge on any atom is 0.187 e. The Morgan fingerprint density at radius 2 is 0.504 bits per heavy atom. The number of para-hydroxylation sites is 2. The molecular formula is C110H67N19. The Hall–Kier alpha value is -18.8. The van der Waals surface area contributed by atoms with Crippen LogP contribution in [0.4, 0.5) is 11.4 Å². The molecule has 0 spiro atoms. The van der Waals surface area contributed by atoms with Crippen LogP contribution < -0.4 is 0 Å². The molecule has 21 rings (SSSR count). The Labute approximate surface area is 741 Å². The highest BCUT2D eigenvalue weighted by Crippen LogP contribution is 2.43. The van der Waals surface area contributed by atoms with Crippen LogP contribution in [0.1, 0.15) is 51.1 Å². The summed E-state index contributed by atoms with van der Waals surface area (Å²) in [6, 6.07) is 120. The number of rotatable bonds is 12. The lowest BCUT2D eigenvalue weighted by Gasteiger charge is -2.13. The zero-order chi connectivity index (χ0) is 88.3. The second kappa shape index (κ2) is 34.2. The molecule has 0 saturated carbocycles. The normalized spacial score (nSPS) is 10.9. The van der Waals surface area contributed by atoms with Crippen LogP contribution in [-0.4, -0.2) is 58.6 Å². The summed E-state index contributed by atoms with van der Waals surface area (Å²) < 4.78 is 6.39. The summed E-state index contributed by atoms with van der Waals surface area (Å²) in [4.78, 5) is 48.8. The fraction of sp³-hybridized carbons (Fsp3) is 0.0364. The first-order chi connectivity index (χ1) is 63.2. The first kappa shape index (κ1) is 79.9. The molecule has 0 saturated heterocycles. The molecule has 15 aromatic carbocycles. The van der Waals surface area contributed by atoms with E-state index in [-0.39, 0.29) is 0 Å². The van der Waals surface area contributed by atoms with Crippen LogP contribution in [0.5, 0.6) is 0 Å². The highest BCUT2D eigenvalue weighted by molar-refractivity contribution is 6.14. The van der Waals surface area contributed by atoms with Gasteiger partial charge in [-0.15, -0.1) is 0 Å². The van der Waals surface area contributed by atoms with E-state index in [9.17, 15) is 26.3 Å². The van der Waals surface area contributed by atoms with E-state index in [4.69, 9.17) is 28.1 Å². The summed E-state index contributed by atoms with van der Waals surface area (Å²) in [5.41, 5.74) is 23.7. The van der Waals surface area contributed by atoms with Gasteiger partial charge in [-0.25, -0.2) is 54.5 Å². The molecule has 21 aromatic rings. The Morgan fingerprint density at radius 1 is 0.217 bits per heavy atom. The van der Waals surface area contributed by atoms with Crippen molar-refractivity contribution in [3.8, 4) is 149 Å². The van der Waals surface area contributed by atoms with Crippen molar-refractivity contribution in [3.05, 3.63) is 408 Å². The molecule has 0 N–H and O–H groups in total. The number of aryl methyl sites for hydroxylation is 4. The molecule has 6 heterocycles. The van der Waals surface area contributed by atoms with Gasteiger partial charge in [0, 0.05) is 60.1 Å². The van der Waals surface area contributed by atoms with Crippen LogP contribution in [0.2, 0.25) is 0 Å². The van der Waals surface area contributed by atoms with E-state index in [1.54, 1.807) is 18.2 Å². The predicted octanol–water partition coefficient (Wildman–Crippen LogP) is 25.6. The minimum Gasteiger partial charge on any atom is -0.308 e. The van der Waals surface area contributed by atoms with Crippen LogP contribution >= 0.6 is 0 Å². The van der Waals surface area contributed by atoms with Gasteiger partial charge in [-0.05, 0) is 206 Å². The third-order valence-electron chi connectivity index (χ3n) is 22.7. The number of fused-ring (bicyclic) bond motifs is 9. The molecule has 19 nitrogen and oxygen atoms in total. The minimum atomic E-state index is 0.501. The van der Waals surface area contributed by atoms with Crippen molar-refractivity contribution in [2.45, 2.75) is 27.7 Å². The van der Waals surface area contributed by atoms with Gasteiger partial charge in [0.15, 0.2) is 40.5 Å². The number of nitrogens with zero attached hydrogens (tertiary/aromatic N) is 19. The highest BCUT2D eigenvalue weighted by Gasteiger charge is 2.24. The lowest BCUT2D eigenvalue weighted by molar-refractivity contribution is 0.927. The first-order valence-corrected chi connectivity index (χ1v) is 41.2. The van der Waals surface area contributed by atoms with E-state index < -0.39 is 0 Å². The maximum absolute atomic E-state index is 10.3. The smallest absolute Gasteiger partial charge is 0.187 e. The lowest BCUT2D eigenvalue weighted by Crippen LogP contribution is -2.02. The molecule has 129 heavy (non-hydrogen) atoms. The summed E-state index contributed by atoms with van der Waals surface area (Å²) in [5.74, 6) is 5.32. The SMILES string of the molecule is Cc1nc(C)nc(-c2ccc(C#N)c(-n3c4ccccc4c4ccc(-c5cccc(C#N)c5)cc43)c2)n1.N#Cc1cccc(-c2ccc3c(c2)c2ccccc2n3-c2cc(-c3nc(-c4ccccc4)nc(-c4ccccc4)n3)ccc2C#N)c1.[C-]#[N+]c1cccc(-c2ccc3c4ccc(-c5cccc([N+]#[C-])c5)cc4n(-c4cc(-c5nc(C)nc(C)n5)ccc4C#N)c3c2)c1. The van der Waals surface area contributed by atoms with Crippen LogP contribution in [-0.2, 0) is 0 Å². The van der Waals surface area contributed by atoms with Gasteiger partial charge in [0.25, 0.3) is 0 Å². The second-order valence-corrected chi connectivity index (χ2v) is 30.8. The molecular weight excluding hydrogens is 1590 g/mol. The van der Waals surface area contributed by atoms with Gasteiger partial charge in [0.2, 0.25) is 0 Å². The summed E-state index contributed by atoms with van der Waals surface area (Å²) >= 11 is 0. The summed E-state index contributed by atoms with van der Waals surface area (Å²) in [5, 5.41) is 55.9. The second-order valence-electron chi connectivity index (χ2n) is 30.8. The quantitative estimate of drug-likeness (QED) is 0.103. The number of hydrogen-bond acceptors (Lipinski definition) is 14. The standard InChI is InChI=1S/C41H24N6.C38H23N7.C31H20N6/c42-25-27-10-9-15-30(22-27)31-20-21-37-35(23-31)34-16-7-8-17-36(34)47(37)38-24-32(18-19-33(38)26-43)41-45-39(28-11-3-1-4-12-28)44-40(46-41)29-13-5-2-6-14-29;1-23-42-24(2)44-38(43-23)29-11-12-30(22-39)35(21-29)45-36-19-27(25-7-5-9-31(17-25)40-3)13-15-33(36)34-16-14-28(20-37(34)45)26-8-6-10-32(18-26)41-4;1-19-34-20(2)36-31(35-19)24-10-11-25(18-33)29(16-24)37-28-9-4-3-8-26(28)27-13-12-23(15-30(27)37)22-7-5-6-21(14-22)17-32/h1-24H;5-21H,1-2H3;3-16H,1-2H3. The van der Waals surface area contributed by atoms with Crippen molar-refractivity contribution < 1.29 is 0 Å². The van der Waals surface area contributed by atoms with Crippen LogP contribution in [0, 0.1) is 97.5 Å². The number of benzene rings is 15. The largest absolute Gasteiger partial charge is 0.308 e. The molecule has 602 valence electrons. The van der Waals surface area contributed by atoms with Gasteiger partial charge >= 0.3 is 0 Å². The van der Waals surface area contributed by atoms with E-state index in [1.807, 2.05) is 246 Å². The van der Waals surface area contributed by atoms with Crippen molar-refractivity contribution in [1.29, 1.82) is 26.3 Å². The number of hydrogen-bond donors (Lipinski definition) is 0. The summed E-state index contributed by atoms with van der Waals surface area (Å²) in [6.07, 6.45) is 0. The molecule has 0 atom stereocenters. The third-order valence-corrected chi connectivity index (χ3v) is 22.7. The topological polar surface area (TPSA) is 258 Å². The van der Waals surface area contributed by atoms with E-state index in [1.165, 1.54) is 0 Å². The Kier molecular flexibility index (Phi) is 21.2. The zero-order valence-corrected chi connectivity index (χ0v) is 69.8. The van der Waals surface area contributed by atoms with Crippen LogP contribution in [0.3, 0.4) is 0 Å². The summed E-state index contributed by atoms with van der Waals surface area (Å²) in [7, 11) is 0. The molecule has 0 aliphatic carbocycles. The number of nitriles is 5. The van der Waals surface area contributed by atoms with Gasteiger partial charge in [-0.2, -0.15) is 26.3 Å². The molecule has 0 bridgehead atoms. The molecule has 19 heteroatoms. The van der Waals surface area contributed by atoms with E-state index >= 15 is 0 Å². The third kappa shape index (κ3) is 15.5. The average Bonchev–Trinajstić information content (AvgIpc) is 1.58. The lowest BCUT2D eigenvalue weighted by atomic mass is 10.0. The van der Waals surface area contributed by atoms with Gasteiger partial charge in [0.05, 0.1) is 103 Å². The first-order valence-electron chi connectivity index (χ1n) is 41.2. The highest BCUT2D eigenvalue weighted by atomic mass is 15.1. The fourth-order valence-corrected chi connectivity index (χ4v) is 16.8. The maximum atomic E-state index is 10.3. The Morgan fingerprint density at radius 3 is 0.891 bits per heavy atom.